The maximum Gasteiger partial charge on any atom is 0.144 e. The Labute approximate surface area is 77.7 Å². The Morgan fingerprint density at radius 3 is 3.15 bits per heavy atom. The number of aryl methyl sites for hydroxylation is 1. The van der Waals surface area contributed by atoms with E-state index in [-0.39, 0.29) is 0 Å². The van der Waals surface area contributed by atoms with Crippen LogP contribution in [0.5, 0.6) is 0 Å². The number of nitrogens with zero attached hydrogens (tertiary/aromatic N) is 2. The monoisotopic (exact) mass is 173 g/mol. The number of anilines is 1. The second-order valence-electron chi connectivity index (χ2n) is 2.63. The second kappa shape index (κ2) is 4.27. The molecule has 0 saturated heterocycles. The highest BCUT2D eigenvalue weighted by Gasteiger charge is 2.03. The molecule has 0 atom stereocenters. The molecule has 3 heteroatoms. The standard InChI is InChI=1S/C10H11N3/c1-3-5-12-10-9(7-11)8(2)4-6-13-10/h3-4,6H,1,5H2,2H3,(H,12,13). The third kappa shape index (κ3) is 2.06. The first kappa shape index (κ1) is 9.27. The molecule has 1 heterocycles. The minimum absolute atomic E-state index is 0.601. The van der Waals surface area contributed by atoms with Gasteiger partial charge in [-0.3, -0.25) is 0 Å². The zero-order valence-corrected chi connectivity index (χ0v) is 7.54. The Balaban J connectivity index is 3.00. The van der Waals surface area contributed by atoms with Crippen LogP contribution in [-0.2, 0) is 0 Å². The van der Waals surface area contributed by atoms with Crippen LogP contribution in [0.2, 0.25) is 0 Å². The van der Waals surface area contributed by atoms with E-state index in [1.165, 1.54) is 0 Å². The van der Waals surface area contributed by atoms with Crippen molar-refractivity contribution in [3.05, 3.63) is 36.0 Å². The molecule has 0 spiro atoms. The number of pyridine rings is 1. The van der Waals surface area contributed by atoms with Crippen LogP contribution in [0.1, 0.15) is 11.1 Å². The molecular formula is C10H11N3. The second-order valence-corrected chi connectivity index (χ2v) is 2.63. The molecule has 0 aliphatic carbocycles. The van der Waals surface area contributed by atoms with E-state index in [0.29, 0.717) is 17.9 Å². The van der Waals surface area contributed by atoms with E-state index >= 15 is 0 Å². The molecule has 1 rings (SSSR count). The number of nitriles is 1. The lowest BCUT2D eigenvalue weighted by atomic mass is 10.1. The van der Waals surface area contributed by atoms with Gasteiger partial charge in [-0.2, -0.15) is 5.26 Å². The van der Waals surface area contributed by atoms with Gasteiger partial charge in [0.25, 0.3) is 0 Å². The van der Waals surface area contributed by atoms with Crippen molar-refractivity contribution in [3.8, 4) is 6.07 Å². The third-order valence-corrected chi connectivity index (χ3v) is 1.68. The molecule has 13 heavy (non-hydrogen) atoms. The van der Waals surface area contributed by atoms with Crippen LogP contribution in [-0.4, -0.2) is 11.5 Å². The van der Waals surface area contributed by atoms with E-state index in [1.807, 2.05) is 13.0 Å². The van der Waals surface area contributed by atoms with Crippen molar-refractivity contribution in [1.29, 1.82) is 5.26 Å². The minimum Gasteiger partial charge on any atom is -0.366 e. The number of rotatable bonds is 3. The SMILES string of the molecule is C=CCNc1nccc(C)c1C#N. The Morgan fingerprint density at radius 1 is 1.77 bits per heavy atom. The minimum atomic E-state index is 0.601. The summed E-state index contributed by atoms with van der Waals surface area (Å²) < 4.78 is 0. The van der Waals surface area contributed by atoms with Crippen LogP contribution in [0.15, 0.2) is 24.9 Å². The molecule has 0 saturated carbocycles. The summed E-state index contributed by atoms with van der Waals surface area (Å²) in [5.74, 6) is 0.627. The Kier molecular flexibility index (Phi) is 3.04. The normalized spacial score (nSPS) is 8.92. The van der Waals surface area contributed by atoms with Gasteiger partial charge >= 0.3 is 0 Å². The third-order valence-electron chi connectivity index (χ3n) is 1.68. The van der Waals surface area contributed by atoms with Crippen molar-refractivity contribution >= 4 is 5.82 Å². The number of hydrogen-bond acceptors (Lipinski definition) is 3. The van der Waals surface area contributed by atoms with Gasteiger partial charge in [-0.25, -0.2) is 4.98 Å². The van der Waals surface area contributed by atoms with Gasteiger partial charge in [0.05, 0.1) is 5.56 Å². The maximum atomic E-state index is 8.84. The Morgan fingerprint density at radius 2 is 2.54 bits per heavy atom. The maximum absolute atomic E-state index is 8.84. The summed E-state index contributed by atoms with van der Waals surface area (Å²) in [5.41, 5.74) is 1.54. The lowest BCUT2D eigenvalue weighted by Crippen LogP contribution is -2.03. The highest BCUT2D eigenvalue weighted by molar-refractivity contribution is 5.55. The first-order chi connectivity index (χ1) is 6.29. The van der Waals surface area contributed by atoms with E-state index in [2.05, 4.69) is 22.9 Å². The first-order valence-corrected chi connectivity index (χ1v) is 4.00. The molecule has 0 aliphatic heterocycles. The summed E-state index contributed by atoms with van der Waals surface area (Å²) in [6, 6.07) is 3.93. The molecule has 1 aromatic heterocycles. The molecule has 66 valence electrons. The van der Waals surface area contributed by atoms with Gasteiger partial charge in [0.15, 0.2) is 0 Å². The Bertz CT molecular complexity index is 350. The first-order valence-electron chi connectivity index (χ1n) is 4.00. The van der Waals surface area contributed by atoms with Crippen LogP contribution in [0, 0.1) is 18.3 Å². The van der Waals surface area contributed by atoms with Crippen LogP contribution < -0.4 is 5.32 Å². The van der Waals surface area contributed by atoms with Crippen LogP contribution in [0.4, 0.5) is 5.82 Å². The molecular weight excluding hydrogens is 162 g/mol. The summed E-state index contributed by atoms with van der Waals surface area (Å²) in [5, 5.41) is 11.8. The van der Waals surface area contributed by atoms with Gasteiger partial charge in [0, 0.05) is 12.7 Å². The van der Waals surface area contributed by atoms with E-state index in [0.717, 1.165) is 5.56 Å². The van der Waals surface area contributed by atoms with Crippen LogP contribution in [0.3, 0.4) is 0 Å². The molecule has 0 amide bonds. The lowest BCUT2D eigenvalue weighted by Gasteiger charge is -2.05. The highest BCUT2D eigenvalue weighted by atomic mass is 15.0. The van der Waals surface area contributed by atoms with Gasteiger partial charge in [-0.1, -0.05) is 6.08 Å². The van der Waals surface area contributed by atoms with Crippen molar-refractivity contribution < 1.29 is 0 Å². The average Bonchev–Trinajstić information content (AvgIpc) is 2.15. The zero-order valence-electron chi connectivity index (χ0n) is 7.54. The van der Waals surface area contributed by atoms with E-state index in [9.17, 15) is 0 Å². The van der Waals surface area contributed by atoms with Crippen LogP contribution >= 0.6 is 0 Å². The Hall–Kier alpha value is -1.82. The highest BCUT2D eigenvalue weighted by Crippen LogP contribution is 2.14. The lowest BCUT2D eigenvalue weighted by molar-refractivity contribution is 1.19. The molecule has 1 N–H and O–H groups in total. The topological polar surface area (TPSA) is 48.7 Å². The summed E-state index contributed by atoms with van der Waals surface area (Å²) in [6.45, 7) is 6.08. The molecule has 0 fully saturated rings. The van der Waals surface area contributed by atoms with Gasteiger partial charge in [0.1, 0.15) is 11.9 Å². The predicted molar refractivity (Wildman–Crippen MR) is 52.4 cm³/mol. The number of nitrogens with one attached hydrogen (secondary N) is 1. The fourth-order valence-corrected chi connectivity index (χ4v) is 1.00. The molecule has 0 unspecified atom stereocenters. The zero-order chi connectivity index (χ0) is 9.68. The molecule has 0 radical (unpaired) electrons. The molecule has 1 aromatic rings. The van der Waals surface area contributed by atoms with E-state index in [1.54, 1.807) is 12.3 Å². The molecule has 0 aromatic carbocycles. The quantitative estimate of drug-likeness (QED) is 0.710. The van der Waals surface area contributed by atoms with Gasteiger partial charge in [0.2, 0.25) is 0 Å². The van der Waals surface area contributed by atoms with Crippen molar-refractivity contribution in [3.63, 3.8) is 0 Å². The average molecular weight is 173 g/mol. The predicted octanol–water partition coefficient (Wildman–Crippen LogP) is 1.86. The van der Waals surface area contributed by atoms with Crippen LogP contribution in [0.25, 0.3) is 0 Å². The fourth-order valence-electron chi connectivity index (χ4n) is 1.00. The van der Waals surface area contributed by atoms with E-state index < -0.39 is 0 Å². The van der Waals surface area contributed by atoms with E-state index in [4.69, 9.17) is 5.26 Å². The van der Waals surface area contributed by atoms with Crippen molar-refractivity contribution in [2.45, 2.75) is 6.92 Å². The molecule has 3 nitrogen and oxygen atoms in total. The summed E-state index contributed by atoms with van der Waals surface area (Å²) in [6.07, 6.45) is 3.41. The molecule has 0 bridgehead atoms. The molecule has 0 aliphatic rings. The smallest absolute Gasteiger partial charge is 0.144 e. The summed E-state index contributed by atoms with van der Waals surface area (Å²) in [4.78, 5) is 4.07. The van der Waals surface area contributed by atoms with Gasteiger partial charge in [-0.15, -0.1) is 6.58 Å². The summed E-state index contributed by atoms with van der Waals surface area (Å²) >= 11 is 0. The van der Waals surface area contributed by atoms with Crippen molar-refractivity contribution in [1.82, 2.24) is 4.98 Å². The van der Waals surface area contributed by atoms with Crippen molar-refractivity contribution in [2.75, 3.05) is 11.9 Å². The number of hydrogen-bond donors (Lipinski definition) is 1. The van der Waals surface area contributed by atoms with Crippen molar-refractivity contribution in [2.24, 2.45) is 0 Å². The largest absolute Gasteiger partial charge is 0.366 e. The fraction of sp³-hybridized carbons (Fsp3) is 0.200. The van der Waals surface area contributed by atoms with Gasteiger partial charge in [-0.05, 0) is 18.6 Å². The van der Waals surface area contributed by atoms with Gasteiger partial charge < -0.3 is 5.32 Å². The number of aromatic nitrogens is 1. The summed E-state index contributed by atoms with van der Waals surface area (Å²) in [7, 11) is 0.